The molecular weight excluding hydrogens is 232 g/mol. The largest absolute Gasteiger partial charge is 0.436 e. The smallest absolute Gasteiger partial charge is 0.319 e. The van der Waals surface area contributed by atoms with Gasteiger partial charge in [-0.3, -0.25) is 10.1 Å². The number of amides is 2. The van der Waals surface area contributed by atoms with Gasteiger partial charge in [-0.2, -0.15) is 5.06 Å². The van der Waals surface area contributed by atoms with Gasteiger partial charge in [0, 0.05) is 24.7 Å². The van der Waals surface area contributed by atoms with Gasteiger partial charge in [0.2, 0.25) is 0 Å². The second-order valence-corrected chi connectivity index (χ2v) is 3.47. The molecule has 5 nitrogen and oxygen atoms in total. The zero-order chi connectivity index (χ0) is 12.1. The zero-order valence-corrected chi connectivity index (χ0v) is 9.62. The predicted octanol–water partition coefficient (Wildman–Crippen LogP) is 2.28. The second-order valence-electron chi connectivity index (χ2n) is 3.03. The van der Waals surface area contributed by atoms with Crippen LogP contribution < -0.4 is 5.32 Å². The van der Waals surface area contributed by atoms with Crippen LogP contribution in [-0.4, -0.2) is 24.1 Å². The van der Waals surface area contributed by atoms with Crippen LogP contribution in [-0.2, 0) is 9.63 Å². The Labute approximate surface area is 97.9 Å². The van der Waals surface area contributed by atoms with Crippen molar-refractivity contribution in [1.29, 1.82) is 0 Å². The maximum Gasteiger partial charge on any atom is 0.436 e. The van der Waals surface area contributed by atoms with E-state index in [9.17, 15) is 9.59 Å². The number of carbonyl (C=O) groups excluding carboxylic acids is 2. The lowest BCUT2D eigenvalue weighted by Gasteiger charge is -2.14. The molecule has 0 fully saturated rings. The summed E-state index contributed by atoms with van der Waals surface area (Å²) in [4.78, 5) is 26.7. The summed E-state index contributed by atoms with van der Waals surface area (Å²) < 4.78 is 0. The van der Waals surface area contributed by atoms with Crippen molar-refractivity contribution < 1.29 is 14.4 Å². The monoisotopic (exact) mass is 242 g/mol. The van der Waals surface area contributed by atoms with E-state index in [2.05, 4.69) is 10.2 Å². The lowest BCUT2D eigenvalue weighted by molar-refractivity contribution is -0.156. The average Bonchev–Trinajstić information content (AvgIpc) is 2.16. The second kappa shape index (κ2) is 5.37. The fraction of sp³-hybridized carbons (Fsp3) is 0.200. The van der Waals surface area contributed by atoms with Gasteiger partial charge in [0.05, 0.1) is 0 Å². The highest BCUT2D eigenvalue weighted by molar-refractivity contribution is 6.30. The Morgan fingerprint density at radius 3 is 2.69 bits per heavy atom. The van der Waals surface area contributed by atoms with Crippen molar-refractivity contribution in [3.8, 4) is 0 Å². The Kier molecular flexibility index (Phi) is 4.13. The lowest BCUT2D eigenvalue weighted by Crippen LogP contribution is -2.30. The molecule has 0 spiro atoms. The van der Waals surface area contributed by atoms with E-state index in [0.29, 0.717) is 10.7 Å². The first-order valence-electron chi connectivity index (χ1n) is 4.48. The van der Waals surface area contributed by atoms with Crippen LogP contribution in [0.1, 0.15) is 6.92 Å². The minimum absolute atomic E-state index is 0.374. The first-order valence-corrected chi connectivity index (χ1v) is 4.85. The van der Waals surface area contributed by atoms with E-state index in [4.69, 9.17) is 11.6 Å². The van der Waals surface area contributed by atoms with E-state index in [-0.39, 0.29) is 5.91 Å². The Morgan fingerprint density at radius 1 is 1.44 bits per heavy atom. The molecule has 0 saturated carbocycles. The molecular formula is C10H11ClN2O3. The standard InChI is InChI=1S/C10H11ClN2O3/c1-7(14)13(2)16-10(15)12-9-5-3-4-8(11)6-9/h3-6H,1-2H3,(H,12,15). The van der Waals surface area contributed by atoms with Crippen LogP contribution in [0, 0.1) is 0 Å². The molecule has 0 bridgehead atoms. The van der Waals surface area contributed by atoms with Gasteiger partial charge in [0.25, 0.3) is 5.91 Å². The summed E-state index contributed by atoms with van der Waals surface area (Å²) in [6, 6.07) is 6.59. The fourth-order valence-electron chi connectivity index (χ4n) is 0.896. The zero-order valence-electron chi connectivity index (χ0n) is 8.86. The summed E-state index contributed by atoms with van der Waals surface area (Å²) in [7, 11) is 1.35. The average molecular weight is 243 g/mol. The van der Waals surface area contributed by atoms with Crippen LogP contribution in [0.4, 0.5) is 10.5 Å². The highest BCUT2D eigenvalue weighted by Crippen LogP contribution is 2.14. The molecule has 0 aromatic heterocycles. The molecule has 2 amide bonds. The Balaban J connectivity index is 2.55. The van der Waals surface area contributed by atoms with E-state index in [0.717, 1.165) is 5.06 Å². The third-order valence-corrected chi connectivity index (χ3v) is 1.97. The minimum Gasteiger partial charge on any atom is -0.319 e. The molecule has 86 valence electrons. The van der Waals surface area contributed by atoms with Crippen molar-refractivity contribution in [1.82, 2.24) is 5.06 Å². The van der Waals surface area contributed by atoms with Crippen LogP contribution in [0.3, 0.4) is 0 Å². The van der Waals surface area contributed by atoms with E-state index in [1.807, 2.05) is 0 Å². The molecule has 0 aliphatic rings. The number of hydrogen-bond donors (Lipinski definition) is 1. The third kappa shape index (κ3) is 3.78. The van der Waals surface area contributed by atoms with Gasteiger partial charge in [0.1, 0.15) is 0 Å². The molecule has 16 heavy (non-hydrogen) atoms. The quantitative estimate of drug-likeness (QED) is 0.769. The van der Waals surface area contributed by atoms with Gasteiger partial charge in [-0.15, -0.1) is 0 Å². The summed E-state index contributed by atoms with van der Waals surface area (Å²) in [5.74, 6) is -0.374. The maximum atomic E-state index is 11.3. The van der Waals surface area contributed by atoms with Crippen molar-refractivity contribution in [3.63, 3.8) is 0 Å². The third-order valence-electron chi connectivity index (χ3n) is 1.73. The SMILES string of the molecule is CC(=O)N(C)OC(=O)Nc1cccc(Cl)c1. The Hall–Kier alpha value is -1.75. The number of rotatable bonds is 1. The van der Waals surface area contributed by atoms with Gasteiger partial charge in [-0.25, -0.2) is 4.79 Å². The highest BCUT2D eigenvalue weighted by atomic mass is 35.5. The molecule has 0 heterocycles. The van der Waals surface area contributed by atoms with Crippen molar-refractivity contribution in [3.05, 3.63) is 29.3 Å². The number of anilines is 1. The summed E-state index contributed by atoms with van der Waals surface area (Å²) >= 11 is 5.73. The summed E-state index contributed by atoms with van der Waals surface area (Å²) in [6.45, 7) is 1.28. The molecule has 1 aromatic rings. The number of benzene rings is 1. The van der Waals surface area contributed by atoms with E-state index >= 15 is 0 Å². The van der Waals surface area contributed by atoms with Crippen LogP contribution in [0.2, 0.25) is 5.02 Å². The normalized spacial score (nSPS) is 9.44. The number of carbonyl (C=O) groups is 2. The molecule has 0 aliphatic heterocycles. The molecule has 1 aromatic carbocycles. The van der Waals surface area contributed by atoms with Gasteiger partial charge in [-0.1, -0.05) is 17.7 Å². The first kappa shape index (κ1) is 12.3. The summed E-state index contributed by atoms with van der Waals surface area (Å²) in [5.41, 5.74) is 0.495. The molecule has 0 aliphatic carbocycles. The molecule has 0 unspecified atom stereocenters. The number of hydrogen-bond acceptors (Lipinski definition) is 3. The molecule has 0 saturated heterocycles. The number of nitrogens with zero attached hydrogens (tertiary/aromatic N) is 1. The first-order chi connectivity index (χ1) is 7.49. The van der Waals surface area contributed by atoms with Gasteiger partial charge < -0.3 is 4.84 Å². The van der Waals surface area contributed by atoms with Crippen LogP contribution in [0.5, 0.6) is 0 Å². The maximum absolute atomic E-state index is 11.3. The van der Waals surface area contributed by atoms with Crippen LogP contribution in [0.15, 0.2) is 24.3 Å². The fourth-order valence-corrected chi connectivity index (χ4v) is 1.09. The van der Waals surface area contributed by atoms with Crippen molar-refractivity contribution in [2.45, 2.75) is 6.92 Å². The Morgan fingerprint density at radius 2 is 2.12 bits per heavy atom. The minimum atomic E-state index is -0.750. The van der Waals surface area contributed by atoms with E-state index in [1.54, 1.807) is 24.3 Å². The molecule has 6 heteroatoms. The predicted molar refractivity (Wildman–Crippen MR) is 60.0 cm³/mol. The van der Waals surface area contributed by atoms with E-state index in [1.165, 1.54) is 14.0 Å². The number of hydroxylamine groups is 2. The molecule has 1 N–H and O–H groups in total. The lowest BCUT2D eigenvalue weighted by atomic mass is 10.3. The highest BCUT2D eigenvalue weighted by Gasteiger charge is 2.09. The number of halogens is 1. The van der Waals surface area contributed by atoms with Gasteiger partial charge >= 0.3 is 6.09 Å². The summed E-state index contributed by atoms with van der Waals surface area (Å²) in [6.07, 6.45) is -0.750. The molecule has 0 atom stereocenters. The Bertz CT molecular complexity index is 409. The summed E-state index contributed by atoms with van der Waals surface area (Å²) in [5, 5.41) is 3.76. The van der Waals surface area contributed by atoms with Crippen LogP contribution >= 0.6 is 11.6 Å². The van der Waals surface area contributed by atoms with Crippen molar-refractivity contribution >= 4 is 29.3 Å². The van der Waals surface area contributed by atoms with Crippen molar-refractivity contribution in [2.75, 3.05) is 12.4 Å². The van der Waals surface area contributed by atoms with Gasteiger partial charge in [0.15, 0.2) is 0 Å². The van der Waals surface area contributed by atoms with Gasteiger partial charge in [-0.05, 0) is 18.2 Å². The molecule has 0 radical (unpaired) electrons. The van der Waals surface area contributed by atoms with Crippen LogP contribution in [0.25, 0.3) is 0 Å². The number of nitrogens with one attached hydrogen (secondary N) is 1. The topological polar surface area (TPSA) is 58.6 Å². The van der Waals surface area contributed by atoms with Crippen molar-refractivity contribution in [2.24, 2.45) is 0 Å². The molecule has 1 rings (SSSR count). The van der Waals surface area contributed by atoms with E-state index < -0.39 is 6.09 Å².